The summed E-state index contributed by atoms with van der Waals surface area (Å²) in [5.74, 6) is -0.139. The monoisotopic (exact) mass is 375 g/mol. The van der Waals surface area contributed by atoms with E-state index in [9.17, 15) is 4.79 Å². The van der Waals surface area contributed by atoms with Gasteiger partial charge >= 0.3 is 0 Å². The van der Waals surface area contributed by atoms with E-state index in [4.69, 9.17) is 11.6 Å². The fourth-order valence-corrected chi connectivity index (χ4v) is 3.45. The maximum atomic E-state index is 12.2. The molecule has 0 fully saturated rings. The number of nitrogens with zero attached hydrogens (tertiary/aromatic N) is 2. The molecule has 0 atom stereocenters. The average molecular weight is 376 g/mol. The summed E-state index contributed by atoms with van der Waals surface area (Å²) in [6, 6.07) is 23.9. The fourth-order valence-electron chi connectivity index (χ4n) is 3.27. The lowest BCUT2D eigenvalue weighted by atomic mass is 10.2. The van der Waals surface area contributed by atoms with E-state index in [1.54, 1.807) is 12.3 Å². The standard InChI is InChI=1S/C22H18ClN3O/c23-19-10-4-1-7-16(19)15-24-25-22(27)13-14-26-20-11-5-2-8-17(20)18-9-3-6-12-21(18)26/h1-12,15H,13-14H2,(H,25,27)/b24-15+. The number of carbonyl (C=O) groups is 1. The van der Waals surface area contributed by atoms with Crippen molar-refractivity contribution in [3.8, 4) is 0 Å². The zero-order chi connectivity index (χ0) is 18.6. The van der Waals surface area contributed by atoms with Crippen LogP contribution < -0.4 is 5.43 Å². The van der Waals surface area contributed by atoms with E-state index in [1.165, 1.54) is 10.8 Å². The molecule has 0 aliphatic heterocycles. The van der Waals surface area contributed by atoms with E-state index in [0.717, 1.165) is 16.6 Å². The Morgan fingerprint density at radius 1 is 0.926 bits per heavy atom. The maximum absolute atomic E-state index is 12.2. The van der Waals surface area contributed by atoms with Gasteiger partial charge in [-0.1, -0.05) is 66.2 Å². The lowest BCUT2D eigenvalue weighted by Gasteiger charge is -2.06. The third kappa shape index (κ3) is 3.57. The van der Waals surface area contributed by atoms with Crippen LogP contribution in [0.1, 0.15) is 12.0 Å². The van der Waals surface area contributed by atoms with Gasteiger partial charge in [-0.15, -0.1) is 0 Å². The number of benzene rings is 3. The molecule has 0 spiro atoms. The second kappa shape index (κ2) is 7.64. The highest BCUT2D eigenvalue weighted by Crippen LogP contribution is 2.28. The highest BCUT2D eigenvalue weighted by molar-refractivity contribution is 6.33. The summed E-state index contributed by atoms with van der Waals surface area (Å²) < 4.78 is 2.18. The number of amides is 1. The lowest BCUT2D eigenvalue weighted by Crippen LogP contribution is -2.19. The second-order valence-electron chi connectivity index (χ2n) is 6.25. The molecule has 1 amide bonds. The van der Waals surface area contributed by atoms with Crippen LogP contribution in [0.25, 0.3) is 21.8 Å². The minimum absolute atomic E-state index is 0.139. The molecule has 1 N–H and O–H groups in total. The molecule has 4 nitrogen and oxygen atoms in total. The maximum Gasteiger partial charge on any atom is 0.241 e. The Bertz CT molecular complexity index is 1090. The van der Waals surface area contributed by atoms with Crippen LogP contribution in [0, 0.1) is 0 Å². The number of para-hydroxylation sites is 2. The fraction of sp³-hybridized carbons (Fsp3) is 0.0909. The smallest absolute Gasteiger partial charge is 0.241 e. The summed E-state index contributed by atoms with van der Waals surface area (Å²) in [5, 5.41) is 7.01. The molecule has 0 aliphatic carbocycles. The van der Waals surface area contributed by atoms with Crippen molar-refractivity contribution in [3.63, 3.8) is 0 Å². The number of hydrogen-bond donors (Lipinski definition) is 1. The third-order valence-corrected chi connectivity index (χ3v) is 4.88. The number of carbonyl (C=O) groups excluding carboxylic acids is 1. The summed E-state index contributed by atoms with van der Waals surface area (Å²) >= 11 is 6.07. The Morgan fingerprint density at radius 3 is 2.19 bits per heavy atom. The van der Waals surface area contributed by atoms with Crippen LogP contribution in [0.2, 0.25) is 5.02 Å². The molecule has 5 heteroatoms. The van der Waals surface area contributed by atoms with Crippen LogP contribution in [0.4, 0.5) is 0 Å². The second-order valence-corrected chi connectivity index (χ2v) is 6.66. The molecule has 0 saturated carbocycles. The topological polar surface area (TPSA) is 46.4 Å². The molecule has 1 aromatic heterocycles. The number of halogens is 1. The number of aryl methyl sites for hydroxylation is 1. The van der Waals surface area contributed by atoms with Crippen LogP contribution in [-0.4, -0.2) is 16.7 Å². The molecule has 27 heavy (non-hydrogen) atoms. The van der Waals surface area contributed by atoms with Crippen molar-refractivity contribution in [1.82, 2.24) is 9.99 Å². The van der Waals surface area contributed by atoms with Gasteiger partial charge in [-0.05, 0) is 18.2 Å². The Kier molecular flexibility index (Phi) is 4.90. The Balaban J connectivity index is 1.48. The van der Waals surface area contributed by atoms with Crippen LogP contribution >= 0.6 is 11.6 Å². The van der Waals surface area contributed by atoms with Crippen molar-refractivity contribution in [2.45, 2.75) is 13.0 Å². The molecule has 4 rings (SSSR count). The van der Waals surface area contributed by atoms with Crippen LogP contribution in [0.3, 0.4) is 0 Å². The summed E-state index contributed by atoms with van der Waals surface area (Å²) in [5.41, 5.74) is 5.60. The average Bonchev–Trinajstić information content (AvgIpc) is 3.02. The molecule has 0 radical (unpaired) electrons. The van der Waals surface area contributed by atoms with Crippen LogP contribution in [0.5, 0.6) is 0 Å². The van der Waals surface area contributed by atoms with Gasteiger partial charge in [0.05, 0.1) is 6.21 Å². The molecule has 4 aromatic rings. The summed E-state index contributed by atoms with van der Waals surface area (Å²) in [7, 11) is 0. The van der Waals surface area contributed by atoms with E-state index in [-0.39, 0.29) is 5.91 Å². The van der Waals surface area contributed by atoms with Gasteiger partial charge in [0.15, 0.2) is 0 Å². The summed E-state index contributed by atoms with van der Waals surface area (Å²) in [4.78, 5) is 12.2. The number of hydrazone groups is 1. The van der Waals surface area contributed by atoms with Crippen molar-refractivity contribution >= 4 is 45.5 Å². The highest BCUT2D eigenvalue weighted by Gasteiger charge is 2.10. The van der Waals surface area contributed by atoms with E-state index >= 15 is 0 Å². The molecular weight excluding hydrogens is 358 g/mol. The van der Waals surface area contributed by atoms with Crippen molar-refractivity contribution in [2.75, 3.05) is 0 Å². The number of nitrogens with one attached hydrogen (secondary N) is 1. The van der Waals surface area contributed by atoms with Gasteiger partial charge in [-0.3, -0.25) is 4.79 Å². The van der Waals surface area contributed by atoms with Gasteiger partial charge in [-0.25, -0.2) is 5.43 Å². The van der Waals surface area contributed by atoms with E-state index in [0.29, 0.717) is 18.0 Å². The first kappa shape index (κ1) is 17.3. The number of hydrogen-bond acceptors (Lipinski definition) is 2. The summed E-state index contributed by atoms with van der Waals surface area (Å²) in [6.07, 6.45) is 1.89. The number of aromatic nitrogens is 1. The van der Waals surface area contributed by atoms with Crippen LogP contribution in [0.15, 0.2) is 77.9 Å². The van der Waals surface area contributed by atoms with E-state index in [1.807, 2.05) is 42.5 Å². The molecule has 0 aliphatic rings. The molecule has 0 bridgehead atoms. The molecule has 134 valence electrons. The Hall–Kier alpha value is -3.11. The van der Waals surface area contributed by atoms with Gasteiger partial charge in [0.1, 0.15) is 0 Å². The van der Waals surface area contributed by atoms with Gasteiger partial charge in [0.25, 0.3) is 0 Å². The molecule has 0 saturated heterocycles. The molecule has 0 unspecified atom stereocenters. The molecule has 3 aromatic carbocycles. The van der Waals surface area contributed by atoms with Crippen molar-refractivity contribution in [2.24, 2.45) is 5.10 Å². The number of fused-ring (bicyclic) bond motifs is 3. The number of rotatable bonds is 5. The first-order valence-electron chi connectivity index (χ1n) is 8.76. The predicted octanol–water partition coefficient (Wildman–Crippen LogP) is 4.99. The predicted molar refractivity (Wildman–Crippen MR) is 111 cm³/mol. The van der Waals surface area contributed by atoms with Gasteiger partial charge in [0.2, 0.25) is 5.91 Å². The first-order chi connectivity index (χ1) is 13.2. The zero-order valence-electron chi connectivity index (χ0n) is 14.6. The quantitative estimate of drug-likeness (QED) is 0.387. The molecule has 1 heterocycles. The van der Waals surface area contributed by atoms with Crippen molar-refractivity contribution in [3.05, 3.63) is 83.4 Å². The zero-order valence-corrected chi connectivity index (χ0v) is 15.4. The van der Waals surface area contributed by atoms with Gasteiger partial charge in [-0.2, -0.15) is 5.10 Å². The van der Waals surface area contributed by atoms with Crippen molar-refractivity contribution in [1.29, 1.82) is 0 Å². The lowest BCUT2D eigenvalue weighted by molar-refractivity contribution is -0.121. The minimum Gasteiger partial charge on any atom is -0.340 e. The van der Waals surface area contributed by atoms with Crippen LogP contribution in [-0.2, 0) is 11.3 Å². The molecular formula is C22H18ClN3O. The largest absolute Gasteiger partial charge is 0.340 e. The normalized spacial score (nSPS) is 11.4. The SMILES string of the molecule is O=C(CCn1c2ccccc2c2ccccc21)N/N=C/c1ccccc1Cl. The van der Waals surface area contributed by atoms with Crippen molar-refractivity contribution < 1.29 is 4.79 Å². The minimum atomic E-state index is -0.139. The van der Waals surface area contributed by atoms with E-state index < -0.39 is 0 Å². The summed E-state index contributed by atoms with van der Waals surface area (Å²) in [6.45, 7) is 0.585. The van der Waals surface area contributed by atoms with E-state index in [2.05, 4.69) is 39.4 Å². The highest BCUT2D eigenvalue weighted by atomic mass is 35.5. The van der Waals surface area contributed by atoms with Gasteiger partial charge < -0.3 is 4.57 Å². The Labute approximate surface area is 162 Å². The first-order valence-corrected chi connectivity index (χ1v) is 9.14. The Morgan fingerprint density at radius 2 is 1.52 bits per heavy atom. The third-order valence-electron chi connectivity index (χ3n) is 4.54. The van der Waals surface area contributed by atoms with Gasteiger partial charge in [0, 0.05) is 45.4 Å².